The van der Waals surface area contributed by atoms with Crippen molar-refractivity contribution < 1.29 is 14.0 Å². The fourth-order valence-corrected chi connectivity index (χ4v) is 2.79. The zero-order valence-electron chi connectivity index (χ0n) is 12.7. The molecule has 1 aliphatic heterocycles. The lowest BCUT2D eigenvalue weighted by molar-refractivity contribution is -0.126. The molecule has 2 aromatic rings. The van der Waals surface area contributed by atoms with E-state index in [2.05, 4.69) is 10.3 Å². The molecule has 24 heavy (non-hydrogen) atoms. The van der Waals surface area contributed by atoms with Crippen LogP contribution in [0.15, 0.2) is 42.6 Å². The number of hydrogen-bond donors (Lipinski definition) is 1. The number of nitrogens with one attached hydrogen (secondary N) is 1. The van der Waals surface area contributed by atoms with Gasteiger partial charge in [0, 0.05) is 24.8 Å². The quantitative estimate of drug-likeness (QED) is 0.924. The zero-order valence-corrected chi connectivity index (χ0v) is 13.5. The highest BCUT2D eigenvalue weighted by Gasteiger charge is 2.35. The molecule has 0 spiro atoms. The van der Waals surface area contributed by atoms with Crippen molar-refractivity contribution in [1.82, 2.24) is 10.3 Å². The molecule has 1 N–H and O–H groups in total. The Kier molecular flexibility index (Phi) is 4.76. The normalized spacial score (nSPS) is 17.2. The van der Waals surface area contributed by atoms with Gasteiger partial charge < -0.3 is 10.2 Å². The van der Waals surface area contributed by atoms with Crippen LogP contribution in [0, 0.1) is 11.7 Å². The van der Waals surface area contributed by atoms with Gasteiger partial charge in [-0.25, -0.2) is 4.39 Å². The number of rotatable bonds is 4. The summed E-state index contributed by atoms with van der Waals surface area (Å²) in [6, 6.07) is 9.53. The Morgan fingerprint density at radius 3 is 2.92 bits per heavy atom. The standard InChI is InChI=1S/C17H15ClFN3O2/c18-14-8-13(4-5-15(14)19)22-10-11(7-16(22)23)17(24)21-9-12-3-1-2-6-20-12/h1-6,8,11H,7,9-10H2,(H,21,24)/t11-/m1/s1. The van der Waals surface area contributed by atoms with Crippen molar-refractivity contribution >= 4 is 29.1 Å². The lowest BCUT2D eigenvalue weighted by Gasteiger charge is -2.17. The predicted octanol–water partition coefficient (Wildman–Crippen LogP) is 2.54. The highest BCUT2D eigenvalue weighted by atomic mass is 35.5. The zero-order chi connectivity index (χ0) is 17.1. The van der Waals surface area contributed by atoms with Gasteiger partial charge in [-0.1, -0.05) is 17.7 Å². The summed E-state index contributed by atoms with van der Waals surface area (Å²) in [7, 11) is 0. The van der Waals surface area contributed by atoms with Gasteiger partial charge in [-0.15, -0.1) is 0 Å². The summed E-state index contributed by atoms with van der Waals surface area (Å²) >= 11 is 5.76. The van der Waals surface area contributed by atoms with Gasteiger partial charge in [0.1, 0.15) is 5.82 Å². The van der Waals surface area contributed by atoms with Gasteiger partial charge in [-0.05, 0) is 30.3 Å². The third-order valence-electron chi connectivity index (χ3n) is 3.88. The van der Waals surface area contributed by atoms with E-state index in [1.807, 2.05) is 12.1 Å². The molecule has 7 heteroatoms. The number of carbonyl (C=O) groups is 2. The van der Waals surface area contributed by atoms with Gasteiger partial charge in [0.2, 0.25) is 11.8 Å². The van der Waals surface area contributed by atoms with Crippen molar-refractivity contribution in [2.75, 3.05) is 11.4 Å². The van der Waals surface area contributed by atoms with Crippen molar-refractivity contribution in [3.05, 3.63) is 59.1 Å². The first-order valence-electron chi connectivity index (χ1n) is 7.47. The van der Waals surface area contributed by atoms with E-state index in [1.165, 1.54) is 23.1 Å². The summed E-state index contributed by atoms with van der Waals surface area (Å²) in [6.07, 6.45) is 1.77. The van der Waals surface area contributed by atoms with Gasteiger partial charge in [0.05, 0.1) is 23.2 Å². The van der Waals surface area contributed by atoms with Crippen LogP contribution in [0.5, 0.6) is 0 Å². The first kappa shape index (κ1) is 16.4. The number of amides is 2. The highest BCUT2D eigenvalue weighted by molar-refractivity contribution is 6.31. The molecule has 1 atom stereocenters. The summed E-state index contributed by atoms with van der Waals surface area (Å²) in [6.45, 7) is 0.557. The number of pyridine rings is 1. The van der Waals surface area contributed by atoms with Crippen LogP contribution in [0.2, 0.25) is 5.02 Å². The van der Waals surface area contributed by atoms with Crippen molar-refractivity contribution in [2.24, 2.45) is 5.92 Å². The number of benzene rings is 1. The molecule has 5 nitrogen and oxygen atoms in total. The van der Waals surface area contributed by atoms with Crippen LogP contribution in [-0.2, 0) is 16.1 Å². The van der Waals surface area contributed by atoms with E-state index < -0.39 is 11.7 Å². The van der Waals surface area contributed by atoms with Crippen LogP contribution in [-0.4, -0.2) is 23.3 Å². The molecule has 2 amide bonds. The van der Waals surface area contributed by atoms with Gasteiger partial charge in [0.15, 0.2) is 0 Å². The molecule has 124 valence electrons. The maximum absolute atomic E-state index is 13.2. The minimum atomic E-state index is -0.545. The summed E-state index contributed by atoms with van der Waals surface area (Å²) in [5.41, 5.74) is 1.24. The van der Waals surface area contributed by atoms with Crippen LogP contribution < -0.4 is 10.2 Å². The molecule has 1 aromatic heterocycles. The van der Waals surface area contributed by atoms with Crippen LogP contribution in [0.25, 0.3) is 0 Å². The van der Waals surface area contributed by atoms with Crippen LogP contribution in [0.1, 0.15) is 12.1 Å². The third-order valence-corrected chi connectivity index (χ3v) is 4.17. The van der Waals surface area contributed by atoms with Crippen LogP contribution >= 0.6 is 11.6 Å². The van der Waals surface area contributed by atoms with Crippen LogP contribution in [0.3, 0.4) is 0 Å². The van der Waals surface area contributed by atoms with Gasteiger partial charge in [-0.3, -0.25) is 14.6 Å². The predicted molar refractivity (Wildman–Crippen MR) is 88.0 cm³/mol. The van der Waals surface area contributed by atoms with Crippen LogP contribution in [0.4, 0.5) is 10.1 Å². The van der Waals surface area contributed by atoms with E-state index in [1.54, 1.807) is 12.3 Å². The van der Waals surface area contributed by atoms with Gasteiger partial charge in [0.25, 0.3) is 0 Å². The van der Waals surface area contributed by atoms with Gasteiger partial charge in [-0.2, -0.15) is 0 Å². The van der Waals surface area contributed by atoms with Crippen molar-refractivity contribution in [3.63, 3.8) is 0 Å². The van der Waals surface area contributed by atoms with E-state index in [-0.39, 0.29) is 29.8 Å². The smallest absolute Gasteiger partial charge is 0.227 e. The molecule has 0 bridgehead atoms. The Bertz CT molecular complexity index is 770. The van der Waals surface area contributed by atoms with E-state index in [4.69, 9.17) is 11.6 Å². The number of anilines is 1. The SMILES string of the molecule is O=C(NCc1ccccn1)[C@@H]1CC(=O)N(c2ccc(F)c(Cl)c2)C1. The van der Waals surface area contributed by atoms with E-state index >= 15 is 0 Å². The summed E-state index contributed by atoms with van der Waals surface area (Å²) < 4.78 is 13.2. The molecule has 0 saturated carbocycles. The number of hydrogen-bond acceptors (Lipinski definition) is 3. The van der Waals surface area contributed by atoms with Crippen molar-refractivity contribution in [3.8, 4) is 0 Å². The lowest BCUT2D eigenvalue weighted by atomic mass is 10.1. The monoisotopic (exact) mass is 347 g/mol. The molecule has 2 heterocycles. The molecule has 1 saturated heterocycles. The first-order chi connectivity index (χ1) is 11.5. The minimum absolute atomic E-state index is 0.0525. The molecule has 1 fully saturated rings. The second-order valence-corrected chi connectivity index (χ2v) is 5.95. The Hall–Kier alpha value is -2.47. The first-order valence-corrected chi connectivity index (χ1v) is 7.85. The highest BCUT2D eigenvalue weighted by Crippen LogP contribution is 2.28. The van der Waals surface area contributed by atoms with Crippen molar-refractivity contribution in [2.45, 2.75) is 13.0 Å². The molecular weight excluding hydrogens is 333 g/mol. The second-order valence-electron chi connectivity index (χ2n) is 5.54. The molecule has 0 unspecified atom stereocenters. The second kappa shape index (κ2) is 6.97. The number of aromatic nitrogens is 1. The Labute approximate surface area is 143 Å². The summed E-state index contributed by atoms with van der Waals surface area (Å²) in [5, 5.41) is 2.74. The molecule has 3 rings (SSSR count). The maximum atomic E-state index is 13.2. The Morgan fingerprint density at radius 2 is 2.21 bits per heavy atom. The van der Waals surface area contributed by atoms with E-state index in [0.717, 1.165) is 5.69 Å². The summed E-state index contributed by atoms with van der Waals surface area (Å²) in [5.74, 6) is -1.39. The van der Waals surface area contributed by atoms with Gasteiger partial charge >= 0.3 is 0 Å². The topological polar surface area (TPSA) is 62.3 Å². The average molecular weight is 348 g/mol. The Morgan fingerprint density at radius 1 is 1.38 bits per heavy atom. The third kappa shape index (κ3) is 3.54. The largest absolute Gasteiger partial charge is 0.350 e. The Balaban J connectivity index is 1.63. The number of carbonyl (C=O) groups excluding carboxylic acids is 2. The molecule has 0 aliphatic carbocycles. The fraction of sp³-hybridized carbons (Fsp3) is 0.235. The molecule has 1 aromatic carbocycles. The lowest BCUT2D eigenvalue weighted by Crippen LogP contribution is -2.32. The fourth-order valence-electron chi connectivity index (χ4n) is 2.61. The maximum Gasteiger partial charge on any atom is 0.227 e. The summed E-state index contributed by atoms with van der Waals surface area (Å²) in [4.78, 5) is 30.0. The molecule has 1 aliphatic rings. The molecular formula is C17H15ClFN3O2. The van der Waals surface area contributed by atoms with Crippen molar-refractivity contribution in [1.29, 1.82) is 0 Å². The van der Waals surface area contributed by atoms with E-state index in [0.29, 0.717) is 12.2 Å². The molecule has 0 radical (unpaired) electrons. The number of halogens is 2. The number of nitrogens with zero attached hydrogens (tertiary/aromatic N) is 2. The minimum Gasteiger partial charge on any atom is -0.350 e. The average Bonchev–Trinajstić information content (AvgIpc) is 2.98. The van der Waals surface area contributed by atoms with E-state index in [9.17, 15) is 14.0 Å².